The number of carbonyl (C=O) groups is 1. The maximum Gasteiger partial charge on any atom is 0.255 e. The number of hydrogen-bond donors (Lipinski definition) is 0. The first-order valence-electron chi connectivity index (χ1n) is 8.56. The molecule has 0 saturated heterocycles. The lowest BCUT2D eigenvalue weighted by molar-refractivity contribution is 0.0714. The molecule has 1 aromatic carbocycles. The fraction of sp³-hybridized carbons (Fsp3) is 0.450. The van der Waals surface area contributed by atoms with Gasteiger partial charge in [-0.1, -0.05) is 24.3 Å². The van der Waals surface area contributed by atoms with E-state index in [9.17, 15) is 4.79 Å². The van der Waals surface area contributed by atoms with Gasteiger partial charge in [-0.25, -0.2) is 0 Å². The van der Waals surface area contributed by atoms with Gasteiger partial charge in [-0.05, 0) is 57.2 Å². The molecule has 0 aliphatic heterocycles. The lowest BCUT2D eigenvalue weighted by Crippen LogP contribution is -2.33. The van der Waals surface area contributed by atoms with Crippen molar-refractivity contribution in [3.05, 3.63) is 58.4 Å². The Kier molecular flexibility index (Phi) is 4.29. The molecule has 122 valence electrons. The van der Waals surface area contributed by atoms with Crippen molar-refractivity contribution >= 4 is 5.91 Å². The number of rotatable bonds is 3. The van der Waals surface area contributed by atoms with Crippen LogP contribution in [0.15, 0.2) is 30.3 Å². The van der Waals surface area contributed by atoms with E-state index in [1.54, 1.807) is 0 Å². The predicted octanol–water partition coefficient (Wildman–Crippen LogP) is 4.27. The van der Waals surface area contributed by atoms with Crippen LogP contribution in [0, 0.1) is 13.8 Å². The molecule has 0 fully saturated rings. The SMILES string of the molecule is CCn1c(C)cc(C(=O)N(C)C2CCCc3ccccc32)c1C. The summed E-state index contributed by atoms with van der Waals surface area (Å²) in [7, 11) is 1.95. The Hall–Kier alpha value is -2.03. The summed E-state index contributed by atoms with van der Waals surface area (Å²) in [4.78, 5) is 15.0. The fourth-order valence-electron chi connectivity index (χ4n) is 3.97. The topological polar surface area (TPSA) is 25.2 Å². The maximum atomic E-state index is 13.1. The monoisotopic (exact) mass is 310 g/mol. The van der Waals surface area contributed by atoms with Crippen LogP contribution in [-0.2, 0) is 13.0 Å². The largest absolute Gasteiger partial charge is 0.349 e. The number of aryl methyl sites for hydroxylation is 2. The van der Waals surface area contributed by atoms with Gasteiger partial charge in [0.15, 0.2) is 0 Å². The van der Waals surface area contributed by atoms with Crippen molar-refractivity contribution in [2.24, 2.45) is 0 Å². The predicted molar refractivity (Wildman–Crippen MR) is 93.8 cm³/mol. The summed E-state index contributed by atoms with van der Waals surface area (Å²) in [5.41, 5.74) is 5.79. The van der Waals surface area contributed by atoms with Crippen molar-refractivity contribution in [2.75, 3.05) is 7.05 Å². The van der Waals surface area contributed by atoms with Gasteiger partial charge in [0.2, 0.25) is 0 Å². The minimum atomic E-state index is 0.138. The Labute approximate surface area is 138 Å². The molecule has 1 aliphatic rings. The molecule has 1 atom stereocenters. The van der Waals surface area contributed by atoms with Crippen LogP contribution in [0.1, 0.15) is 58.7 Å². The van der Waals surface area contributed by atoms with Gasteiger partial charge in [-0.2, -0.15) is 0 Å². The van der Waals surface area contributed by atoms with E-state index in [2.05, 4.69) is 42.7 Å². The van der Waals surface area contributed by atoms with Crippen LogP contribution in [-0.4, -0.2) is 22.4 Å². The van der Waals surface area contributed by atoms with Crippen LogP contribution in [0.5, 0.6) is 0 Å². The molecule has 0 spiro atoms. The number of aromatic nitrogens is 1. The highest BCUT2D eigenvalue weighted by atomic mass is 16.2. The van der Waals surface area contributed by atoms with E-state index in [1.807, 2.05) is 24.9 Å². The van der Waals surface area contributed by atoms with E-state index < -0.39 is 0 Å². The highest BCUT2D eigenvalue weighted by Crippen LogP contribution is 2.34. The molecule has 23 heavy (non-hydrogen) atoms. The summed E-state index contributed by atoms with van der Waals surface area (Å²) in [5, 5.41) is 0. The summed E-state index contributed by atoms with van der Waals surface area (Å²) in [6.07, 6.45) is 3.32. The Morgan fingerprint density at radius 3 is 2.74 bits per heavy atom. The second-order valence-electron chi connectivity index (χ2n) is 6.55. The van der Waals surface area contributed by atoms with E-state index in [0.29, 0.717) is 0 Å². The van der Waals surface area contributed by atoms with Crippen LogP contribution in [0.3, 0.4) is 0 Å². The molecule has 3 rings (SSSR count). The van der Waals surface area contributed by atoms with E-state index >= 15 is 0 Å². The Morgan fingerprint density at radius 2 is 2.04 bits per heavy atom. The summed E-state index contributed by atoms with van der Waals surface area (Å²) < 4.78 is 2.20. The Bertz CT molecular complexity index is 729. The van der Waals surface area contributed by atoms with Gasteiger partial charge in [-0.15, -0.1) is 0 Å². The van der Waals surface area contributed by atoms with Crippen LogP contribution in [0.4, 0.5) is 0 Å². The number of nitrogens with zero attached hydrogens (tertiary/aromatic N) is 2. The van der Waals surface area contributed by atoms with Gasteiger partial charge in [0.1, 0.15) is 0 Å². The first-order chi connectivity index (χ1) is 11.0. The summed E-state index contributed by atoms with van der Waals surface area (Å²) in [6, 6.07) is 10.8. The molecular weight excluding hydrogens is 284 g/mol. The van der Waals surface area contributed by atoms with Crippen LogP contribution in [0.25, 0.3) is 0 Å². The van der Waals surface area contributed by atoms with Gasteiger partial charge >= 0.3 is 0 Å². The van der Waals surface area contributed by atoms with Crippen molar-refractivity contribution in [1.29, 1.82) is 0 Å². The lowest BCUT2D eigenvalue weighted by Gasteiger charge is -2.33. The van der Waals surface area contributed by atoms with Gasteiger partial charge in [0.05, 0.1) is 11.6 Å². The number of amides is 1. The van der Waals surface area contributed by atoms with Crippen molar-refractivity contribution in [3.63, 3.8) is 0 Å². The highest BCUT2D eigenvalue weighted by Gasteiger charge is 2.28. The van der Waals surface area contributed by atoms with E-state index in [0.717, 1.165) is 42.8 Å². The van der Waals surface area contributed by atoms with Crippen LogP contribution in [0.2, 0.25) is 0 Å². The molecule has 0 radical (unpaired) electrons. The number of carbonyl (C=O) groups excluding carboxylic acids is 1. The van der Waals surface area contributed by atoms with Gasteiger partial charge in [0.25, 0.3) is 5.91 Å². The van der Waals surface area contributed by atoms with Gasteiger partial charge in [-0.3, -0.25) is 4.79 Å². The number of benzene rings is 1. The molecule has 1 amide bonds. The molecule has 2 aromatic rings. The van der Waals surface area contributed by atoms with E-state index in [4.69, 9.17) is 0 Å². The molecule has 3 nitrogen and oxygen atoms in total. The van der Waals surface area contributed by atoms with Crippen LogP contribution >= 0.6 is 0 Å². The standard InChI is InChI=1S/C20H26N2O/c1-5-22-14(2)13-18(15(22)3)20(23)21(4)19-12-8-10-16-9-6-7-11-17(16)19/h6-7,9,11,13,19H,5,8,10,12H2,1-4H3. The van der Waals surface area contributed by atoms with Crippen molar-refractivity contribution in [2.45, 2.75) is 52.6 Å². The minimum absolute atomic E-state index is 0.138. The second kappa shape index (κ2) is 6.23. The van der Waals surface area contributed by atoms with E-state index in [-0.39, 0.29) is 11.9 Å². The van der Waals surface area contributed by atoms with Gasteiger partial charge < -0.3 is 9.47 Å². The molecule has 0 bridgehead atoms. The third-order valence-electron chi connectivity index (χ3n) is 5.25. The molecular formula is C20H26N2O. The second-order valence-corrected chi connectivity index (χ2v) is 6.55. The van der Waals surface area contributed by atoms with Gasteiger partial charge in [0, 0.05) is 25.0 Å². The zero-order valence-electron chi connectivity index (χ0n) is 14.6. The Morgan fingerprint density at radius 1 is 1.30 bits per heavy atom. The van der Waals surface area contributed by atoms with Crippen molar-refractivity contribution < 1.29 is 4.79 Å². The van der Waals surface area contributed by atoms with Crippen molar-refractivity contribution in [1.82, 2.24) is 9.47 Å². The lowest BCUT2D eigenvalue weighted by atomic mass is 9.87. The first kappa shape index (κ1) is 15.9. The third kappa shape index (κ3) is 2.69. The number of hydrogen-bond acceptors (Lipinski definition) is 1. The average molecular weight is 310 g/mol. The number of fused-ring (bicyclic) bond motifs is 1. The summed E-state index contributed by atoms with van der Waals surface area (Å²) in [6.45, 7) is 7.14. The molecule has 1 unspecified atom stereocenters. The zero-order chi connectivity index (χ0) is 16.6. The molecule has 1 aliphatic carbocycles. The maximum absolute atomic E-state index is 13.1. The van der Waals surface area contributed by atoms with E-state index in [1.165, 1.54) is 11.1 Å². The van der Waals surface area contributed by atoms with Crippen molar-refractivity contribution in [3.8, 4) is 0 Å². The zero-order valence-corrected chi connectivity index (χ0v) is 14.6. The molecule has 0 saturated carbocycles. The molecule has 1 heterocycles. The summed E-state index contributed by atoms with van der Waals surface area (Å²) >= 11 is 0. The molecule has 0 N–H and O–H groups in total. The highest BCUT2D eigenvalue weighted by molar-refractivity contribution is 5.95. The third-order valence-corrected chi connectivity index (χ3v) is 5.25. The quantitative estimate of drug-likeness (QED) is 0.831. The first-order valence-corrected chi connectivity index (χ1v) is 8.56. The summed E-state index contributed by atoms with van der Waals surface area (Å²) in [5.74, 6) is 0.138. The molecule has 1 aromatic heterocycles. The van der Waals surface area contributed by atoms with Crippen LogP contribution < -0.4 is 0 Å². The Balaban J connectivity index is 1.92. The normalized spacial score (nSPS) is 17.0. The molecule has 3 heteroatoms. The smallest absolute Gasteiger partial charge is 0.255 e. The average Bonchev–Trinajstić information content (AvgIpc) is 2.86. The minimum Gasteiger partial charge on any atom is -0.349 e. The fourth-order valence-corrected chi connectivity index (χ4v) is 3.97.